The number of fused-ring (bicyclic) bond motifs is 6. The number of aryl methyl sites for hydroxylation is 1. The average Bonchev–Trinajstić information content (AvgIpc) is 3.61. The number of amidine groups is 2. The van der Waals surface area contributed by atoms with Crippen molar-refractivity contribution in [2.45, 2.75) is 116 Å². The van der Waals surface area contributed by atoms with Gasteiger partial charge in [0.25, 0.3) is 0 Å². The molecule has 0 spiro atoms. The van der Waals surface area contributed by atoms with Crippen LogP contribution in [0.2, 0.25) is 0 Å². The lowest BCUT2D eigenvalue weighted by Gasteiger charge is -2.28. The standard InChI is InChI=1S/C49H53N3O/c1-3-5-12-32-20-23-35(24-21-32)48-50-47(34-14-8-7-9-15-34)51-49(52-48)43-18-11-19-44-45(43)42-17-10-16-41(46(42)53-44)38-27-29-40-37(31-38)26-25-36-30-33(13-6-4-2)22-28-39(36)40/h10-11,14,17-26,28,31,33,41,49H,3-9,12-13,15-16,27,29-30H2,1-2H3,(H,50,51,52). The van der Waals surface area contributed by atoms with Crippen molar-refractivity contribution in [2.75, 3.05) is 0 Å². The number of nitrogens with one attached hydrogen (secondary N) is 1. The number of rotatable bonds is 10. The Morgan fingerprint density at radius 1 is 0.849 bits per heavy atom. The van der Waals surface area contributed by atoms with Gasteiger partial charge in [-0.25, -0.2) is 9.98 Å². The third kappa shape index (κ3) is 6.71. The van der Waals surface area contributed by atoms with Gasteiger partial charge >= 0.3 is 0 Å². The van der Waals surface area contributed by atoms with E-state index in [1.54, 1.807) is 0 Å². The Morgan fingerprint density at radius 3 is 2.58 bits per heavy atom. The molecule has 4 aromatic rings. The van der Waals surface area contributed by atoms with Gasteiger partial charge in [-0.05, 0) is 116 Å². The average molecular weight is 700 g/mol. The zero-order valence-electron chi connectivity index (χ0n) is 31.6. The number of hydrogen-bond donors (Lipinski definition) is 1. The minimum Gasteiger partial charge on any atom is -0.460 e. The highest BCUT2D eigenvalue weighted by Crippen LogP contribution is 2.47. The van der Waals surface area contributed by atoms with Crippen molar-refractivity contribution >= 4 is 40.9 Å². The molecule has 4 aliphatic carbocycles. The molecule has 270 valence electrons. The summed E-state index contributed by atoms with van der Waals surface area (Å²) in [5.41, 5.74) is 14.5. The van der Waals surface area contributed by atoms with Gasteiger partial charge < -0.3 is 9.73 Å². The van der Waals surface area contributed by atoms with E-state index in [-0.39, 0.29) is 12.1 Å². The van der Waals surface area contributed by atoms with E-state index >= 15 is 0 Å². The molecule has 5 aliphatic rings. The summed E-state index contributed by atoms with van der Waals surface area (Å²) in [6.07, 6.45) is 30.4. The fourth-order valence-electron chi connectivity index (χ4n) is 9.36. The molecule has 0 fully saturated rings. The van der Waals surface area contributed by atoms with Crippen LogP contribution in [-0.4, -0.2) is 11.7 Å². The van der Waals surface area contributed by atoms with Crippen LogP contribution in [0.25, 0.3) is 29.2 Å². The molecule has 1 N–H and O–H groups in total. The Kier molecular flexibility index (Phi) is 9.63. The number of furan rings is 1. The monoisotopic (exact) mass is 699 g/mol. The quantitative estimate of drug-likeness (QED) is 0.179. The van der Waals surface area contributed by atoms with Gasteiger partial charge in [0.15, 0.2) is 6.17 Å². The molecule has 1 aromatic heterocycles. The lowest BCUT2D eigenvalue weighted by Crippen LogP contribution is -2.36. The number of benzene rings is 3. The number of nitrogens with zero attached hydrogens (tertiary/aromatic N) is 2. The van der Waals surface area contributed by atoms with Crippen LogP contribution >= 0.6 is 0 Å². The lowest BCUT2D eigenvalue weighted by atomic mass is 9.76. The Hall–Kier alpha value is -4.70. The summed E-state index contributed by atoms with van der Waals surface area (Å²) in [4.78, 5) is 10.7. The zero-order chi connectivity index (χ0) is 35.7. The smallest absolute Gasteiger partial charge is 0.170 e. The van der Waals surface area contributed by atoms with Crippen LogP contribution in [0.15, 0.2) is 98.4 Å². The molecular formula is C49H53N3O. The summed E-state index contributed by atoms with van der Waals surface area (Å²) < 4.78 is 6.88. The third-order valence-corrected chi connectivity index (χ3v) is 12.3. The maximum Gasteiger partial charge on any atom is 0.170 e. The number of allylic oxidation sites excluding steroid dienone is 4. The predicted octanol–water partition coefficient (Wildman–Crippen LogP) is 12.6. The molecule has 4 heteroatoms. The second kappa shape index (κ2) is 15.0. The van der Waals surface area contributed by atoms with Crippen LogP contribution in [0.5, 0.6) is 0 Å². The van der Waals surface area contributed by atoms with Crippen LogP contribution in [0, 0.1) is 5.92 Å². The van der Waals surface area contributed by atoms with E-state index in [0.29, 0.717) is 5.92 Å². The van der Waals surface area contributed by atoms with Gasteiger partial charge in [-0.2, -0.15) is 0 Å². The van der Waals surface area contributed by atoms with Crippen LogP contribution in [0.4, 0.5) is 0 Å². The molecule has 0 radical (unpaired) electrons. The first-order valence-corrected chi connectivity index (χ1v) is 20.6. The van der Waals surface area contributed by atoms with E-state index in [4.69, 9.17) is 14.4 Å². The second-order valence-corrected chi connectivity index (χ2v) is 15.9. The first kappa shape index (κ1) is 34.1. The lowest BCUT2D eigenvalue weighted by molar-refractivity contribution is 0.507. The van der Waals surface area contributed by atoms with E-state index in [0.717, 1.165) is 78.1 Å². The van der Waals surface area contributed by atoms with Gasteiger partial charge in [0.2, 0.25) is 0 Å². The maximum absolute atomic E-state index is 6.88. The van der Waals surface area contributed by atoms with Crippen molar-refractivity contribution in [3.63, 3.8) is 0 Å². The molecule has 53 heavy (non-hydrogen) atoms. The fraction of sp³-hybridized carbons (Fsp3) is 0.388. The molecule has 1 aliphatic heterocycles. The Labute approximate surface area is 315 Å². The highest BCUT2D eigenvalue weighted by molar-refractivity contribution is 6.16. The minimum atomic E-state index is -0.357. The maximum atomic E-state index is 6.88. The van der Waals surface area contributed by atoms with Gasteiger partial charge in [0.1, 0.15) is 23.0 Å². The van der Waals surface area contributed by atoms with Crippen LogP contribution in [-0.2, 0) is 19.3 Å². The van der Waals surface area contributed by atoms with Crippen molar-refractivity contribution in [3.8, 4) is 0 Å². The molecule has 2 heterocycles. The van der Waals surface area contributed by atoms with Crippen molar-refractivity contribution in [2.24, 2.45) is 15.9 Å². The van der Waals surface area contributed by atoms with Crippen molar-refractivity contribution in [1.29, 1.82) is 0 Å². The third-order valence-electron chi connectivity index (χ3n) is 12.3. The topological polar surface area (TPSA) is 49.9 Å². The van der Waals surface area contributed by atoms with Crippen molar-refractivity contribution < 1.29 is 4.42 Å². The van der Waals surface area contributed by atoms with Gasteiger partial charge in [0, 0.05) is 28.0 Å². The van der Waals surface area contributed by atoms with Gasteiger partial charge in [-0.3, -0.25) is 0 Å². The summed E-state index contributed by atoms with van der Waals surface area (Å²) in [5, 5.41) is 4.83. The molecule has 9 rings (SSSR count). The molecule has 4 nitrogen and oxygen atoms in total. The van der Waals surface area contributed by atoms with Crippen LogP contribution in [0.3, 0.4) is 0 Å². The summed E-state index contributed by atoms with van der Waals surface area (Å²) in [7, 11) is 0. The largest absolute Gasteiger partial charge is 0.460 e. The first-order valence-electron chi connectivity index (χ1n) is 20.6. The van der Waals surface area contributed by atoms with E-state index in [2.05, 4.69) is 110 Å². The van der Waals surface area contributed by atoms with Crippen molar-refractivity contribution in [1.82, 2.24) is 5.32 Å². The van der Waals surface area contributed by atoms with Gasteiger partial charge in [0.05, 0.1) is 0 Å². The molecule has 0 bridgehead atoms. The molecular weight excluding hydrogens is 647 g/mol. The summed E-state index contributed by atoms with van der Waals surface area (Å²) in [6.45, 7) is 4.55. The minimum absolute atomic E-state index is 0.234. The Bertz CT molecular complexity index is 2200. The fourth-order valence-corrected chi connectivity index (χ4v) is 9.36. The van der Waals surface area contributed by atoms with Crippen molar-refractivity contribution in [3.05, 3.63) is 134 Å². The summed E-state index contributed by atoms with van der Waals surface area (Å²) >= 11 is 0. The molecule has 0 saturated heterocycles. The summed E-state index contributed by atoms with van der Waals surface area (Å²) in [6, 6.07) is 20.3. The van der Waals surface area contributed by atoms with E-state index < -0.39 is 0 Å². The highest BCUT2D eigenvalue weighted by atomic mass is 16.3. The zero-order valence-corrected chi connectivity index (χ0v) is 31.6. The van der Waals surface area contributed by atoms with Crippen LogP contribution in [0.1, 0.15) is 147 Å². The number of hydrogen-bond acceptors (Lipinski definition) is 4. The van der Waals surface area contributed by atoms with E-state index in [1.807, 2.05) is 0 Å². The predicted molar refractivity (Wildman–Crippen MR) is 223 cm³/mol. The molecule has 3 atom stereocenters. The normalized spacial score (nSPS) is 21.9. The molecule has 3 aromatic carbocycles. The second-order valence-electron chi connectivity index (χ2n) is 15.9. The van der Waals surface area contributed by atoms with Gasteiger partial charge in [-0.1, -0.05) is 124 Å². The molecule has 0 amide bonds. The Balaban J connectivity index is 1.06. The SMILES string of the molecule is CCCCc1ccc(C2=NC(c3cccc4oc5c(c34)C=CCC5C3=Cc4ccc5c(c4CC3)C=CC(CCCC)C5)N=C(C3=CCCCC3)N2)cc1. The molecule has 0 saturated carbocycles. The molecule has 3 unspecified atom stereocenters. The first-order chi connectivity index (χ1) is 26.2. The number of aliphatic imine (C=N–C) groups is 2. The van der Waals surface area contributed by atoms with Gasteiger partial charge in [-0.15, -0.1) is 0 Å². The van der Waals surface area contributed by atoms with E-state index in [9.17, 15) is 0 Å². The summed E-state index contributed by atoms with van der Waals surface area (Å²) in [5.74, 6) is 3.89. The van der Waals surface area contributed by atoms with E-state index in [1.165, 1.54) is 95.9 Å². The van der Waals surface area contributed by atoms with Crippen LogP contribution < -0.4 is 5.32 Å². The Morgan fingerprint density at radius 2 is 1.74 bits per heavy atom. The number of unbranched alkanes of at least 4 members (excludes halogenated alkanes) is 2. The highest BCUT2D eigenvalue weighted by Gasteiger charge is 2.32.